The fourth-order valence-electron chi connectivity index (χ4n) is 2.34. The van der Waals surface area contributed by atoms with Crippen molar-refractivity contribution < 1.29 is 9.18 Å². The van der Waals surface area contributed by atoms with Gasteiger partial charge in [-0.25, -0.2) is 4.39 Å². The van der Waals surface area contributed by atoms with Gasteiger partial charge in [-0.3, -0.25) is 4.79 Å². The lowest BCUT2D eigenvalue weighted by molar-refractivity contribution is -0.117. The molecule has 0 radical (unpaired) electrons. The van der Waals surface area contributed by atoms with Crippen molar-refractivity contribution in [2.24, 2.45) is 5.92 Å². The fourth-order valence-corrected chi connectivity index (χ4v) is 2.34. The van der Waals surface area contributed by atoms with Crippen LogP contribution in [0.15, 0.2) is 54.6 Å². The molecule has 1 fully saturated rings. The van der Waals surface area contributed by atoms with Gasteiger partial charge in [-0.1, -0.05) is 42.5 Å². The van der Waals surface area contributed by atoms with E-state index < -0.39 is 5.82 Å². The number of nitrogens with one attached hydrogen (secondary N) is 1. The Morgan fingerprint density at radius 1 is 1.05 bits per heavy atom. The van der Waals surface area contributed by atoms with Crippen LogP contribution < -0.4 is 5.32 Å². The number of rotatable bonds is 3. The molecular formula is C16H14FNO. The zero-order valence-corrected chi connectivity index (χ0v) is 10.3. The fraction of sp³-hybridized carbons (Fsp3) is 0.188. The van der Waals surface area contributed by atoms with Gasteiger partial charge in [0.1, 0.15) is 5.82 Å². The second kappa shape index (κ2) is 4.84. The van der Waals surface area contributed by atoms with E-state index >= 15 is 0 Å². The van der Waals surface area contributed by atoms with E-state index in [1.165, 1.54) is 11.6 Å². The lowest BCUT2D eigenvalue weighted by atomic mass is 10.1. The maximum absolute atomic E-state index is 13.4. The van der Waals surface area contributed by atoms with Crippen molar-refractivity contribution in [2.45, 2.75) is 12.3 Å². The van der Waals surface area contributed by atoms with Gasteiger partial charge < -0.3 is 5.32 Å². The van der Waals surface area contributed by atoms with E-state index in [9.17, 15) is 9.18 Å². The molecule has 0 bridgehead atoms. The lowest BCUT2D eigenvalue weighted by Gasteiger charge is -2.05. The highest BCUT2D eigenvalue weighted by atomic mass is 19.1. The Labute approximate surface area is 111 Å². The SMILES string of the molecule is O=C(Nc1ccccc1F)[C@@H]1C[C@@H]1c1ccccc1. The molecule has 1 saturated carbocycles. The molecule has 19 heavy (non-hydrogen) atoms. The lowest BCUT2D eigenvalue weighted by Crippen LogP contribution is -2.15. The van der Waals surface area contributed by atoms with Crippen LogP contribution in [-0.2, 0) is 4.79 Å². The summed E-state index contributed by atoms with van der Waals surface area (Å²) in [6.07, 6.45) is 0.838. The van der Waals surface area contributed by atoms with Gasteiger partial charge in [0.2, 0.25) is 5.91 Å². The molecule has 1 N–H and O–H groups in total. The third-order valence-electron chi connectivity index (χ3n) is 3.49. The number of benzene rings is 2. The van der Waals surface area contributed by atoms with E-state index in [2.05, 4.69) is 5.32 Å². The van der Waals surface area contributed by atoms with E-state index in [-0.39, 0.29) is 23.4 Å². The van der Waals surface area contributed by atoms with Crippen LogP contribution >= 0.6 is 0 Å². The second-order valence-corrected chi connectivity index (χ2v) is 4.83. The van der Waals surface area contributed by atoms with E-state index in [4.69, 9.17) is 0 Å². The molecule has 2 atom stereocenters. The molecule has 1 amide bonds. The number of halogens is 1. The van der Waals surface area contributed by atoms with Crippen molar-refractivity contribution in [1.29, 1.82) is 0 Å². The van der Waals surface area contributed by atoms with Crippen LogP contribution in [0.2, 0.25) is 0 Å². The number of para-hydroxylation sites is 1. The van der Waals surface area contributed by atoms with Crippen molar-refractivity contribution in [3.63, 3.8) is 0 Å². The highest BCUT2D eigenvalue weighted by molar-refractivity contribution is 5.95. The minimum Gasteiger partial charge on any atom is -0.323 e. The zero-order valence-electron chi connectivity index (χ0n) is 10.3. The van der Waals surface area contributed by atoms with Crippen molar-refractivity contribution >= 4 is 11.6 Å². The van der Waals surface area contributed by atoms with Crippen LogP contribution in [0.4, 0.5) is 10.1 Å². The minimum absolute atomic E-state index is 0.0398. The number of anilines is 1. The Morgan fingerprint density at radius 3 is 2.47 bits per heavy atom. The van der Waals surface area contributed by atoms with E-state index in [1.54, 1.807) is 18.2 Å². The highest BCUT2D eigenvalue weighted by Gasteiger charge is 2.43. The normalized spacial score (nSPS) is 20.9. The number of amides is 1. The summed E-state index contributed by atoms with van der Waals surface area (Å²) in [4.78, 5) is 12.0. The average molecular weight is 255 g/mol. The first kappa shape index (κ1) is 11.9. The van der Waals surface area contributed by atoms with E-state index in [0.717, 1.165) is 6.42 Å². The zero-order chi connectivity index (χ0) is 13.2. The quantitative estimate of drug-likeness (QED) is 0.892. The topological polar surface area (TPSA) is 29.1 Å². The molecule has 0 unspecified atom stereocenters. The number of hydrogen-bond acceptors (Lipinski definition) is 1. The van der Waals surface area contributed by atoms with Crippen LogP contribution in [0.5, 0.6) is 0 Å². The molecule has 0 spiro atoms. The molecule has 3 rings (SSSR count). The van der Waals surface area contributed by atoms with Crippen molar-refractivity contribution in [1.82, 2.24) is 0 Å². The standard InChI is InChI=1S/C16H14FNO/c17-14-8-4-5-9-15(14)18-16(19)13-10-12(13)11-6-2-1-3-7-11/h1-9,12-13H,10H2,(H,18,19)/t12-,13-/m1/s1. The van der Waals surface area contributed by atoms with Crippen molar-refractivity contribution in [2.75, 3.05) is 5.32 Å². The van der Waals surface area contributed by atoms with Crippen LogP contribution in [0.25, 0.3) is 0 Å². The molecular weight excluding hydrogens is 241 g/mol. The molecule has 1 aliphatic carbocycles. The van der Waals surface area contributed by atoms with Crippen LogP contribution in [-0.4, -0.2) is 5.91 Å². The Balaban J connectivity index is 1.66. The number of hydrogen-bond donors (Lipinski definition) is 1. The highest BCUT2D eigenvalue weighted by Crippen LogP contribution is 2.47. The van der Waals surface area contributed by atoms with Gasteiger partial charge >= 0.3 is 0 Å². The summed E-state index contributed by atoms with van der Waals surface area (Å²) in [5, 5.41) is 2.66. The van der Waals surface area contributed by atoms with Crippen molar-refractivity contribution in [3.8, 4) is 0 Å². The first-order valence-corrected chi connectivity index (χ1v) is 6.36. The summed E-state index contributed by atoms with van der Waals surface area (Å²) in [5.41, 5.74) is 1.43. The second-order valence-electron chi connectivity index (χ2n) is 4.83. The molecule has 0 saturated heterocycles. The third kappa shape index (κ3) is 2.50. The maximum Gasteiger partial charge on any atom is 0.228 e. The van der Waals surface area contributed by atoms with Gasteiger partial charge in [0.05, 0.1) is 5.69 Å². The molecule has 2 aromatic rings. The Kier molecular flexibility index (Phi) is 3.03. The monoisotopic (exact) mass is 255 g/mol. The van der Waals surface area contributed by atoms with Crippen LogP contribution in [0.3, 0.4) is 0 Å². The summed E-state index contributed by atoms with van der Waals surface area (Å²) >= 11 is 0. The van der Waals surface area contributed by atoms with Crippen molar-refractivity contribution in [3.05, 3.63) is 66.0 Å². The predicted octanol–water partition coefficient (Wildman–Crippen LogP) is 3.57. The molecule has 2 aromatic carbocycles. The number of carbonyl (C=O) groups excluding carboxylic acids is 1. The van der Waals surface area contributed by atoms with E-state index in [0.29, 0.717) is 0 Å². The Hall–Kier alpha value is -2.16. The van der Waals surface area contributed by atoms with Gasteiger partial charge in [-0.2, -0.15) is 0 Å². The predicted molar refractivity (Wildman–Crippen MR) is 72.3 cm³/mol. The van der Waals surface area contributed by atoms with Gasteiger partial charge in [-0.05, 0) is 30.0 Å². The maximum atomic E-state index is 13.4. The first-order chi connectivity index (χ1) is 9.25. The molecule has 1 aliphatic rings. The largest absolute Gasteiger partial charge is 0.323 e. The summed E-state index contributed by atoms with van der Waals surface area (Å²) in [7, 11) is 0. The molecule has 96 valence electrons. The molecule has 0 aromatic heterocycles. The van der Waals surface area contributed by atoms with Crippen LogP contribution in [0.1, 0.15) is 17.9 Å². The summed E-state index contributed by atoms with van der Waals surface area (Å²) in [6.45, 7) is 0. The van der Waals surface area contributed by atoms with Gasteiger partial charge in [0.25, 0.3) is 0 Å². The molecule has 0 heterocycles. The Bertz CT molecular complexity index is 597. The van der Waals surface area contributed by atoms with Gasteiger partial charge in [0, 0.05) is 5.92 Å². The molecule has 2 nitrogen and oxygen atoms in total. The smallest absolute Gasteiger partial charge is 0.228 e. The average Bonchev–Trinajstić information content (AvgIpc) is 3.23. The molecule has 0 aliphatic heterocycles. The summed E-state index contributed by atoms with van der Waals surface area (Å²) < 4.78 is 13.4. The molecule has 3 heteroatoms. The summed E-state index contributed by atoms with van der Waals surface area (Å²) in [6, 6.07) is 16.2. The first-order valence-electron chi connectivity index (χ1n) is 6.36. The minimum atomic E-state index is -0.396. The summed E-state index contributed by atoms with van der Waals surface area (Å²) in [5.74, 6) is -0.262. The Morgan fingerprint density at radius 2 is 1.74 bits per heavy atom. The van der Waals surface area contributed by atoms with Gasteiger partial charge in [0.15, 0.2) is 0 Å². The van der Waals surface area contributed by atoms with E-state index in [1.807, 2.05) is 30.3 Å². The van der Waals surface area contributed by atoms with Crippen LogP contribution in [0, 0.1) is 11.7 Å². The van der Waals surface area contributed by atoms with Gasteiger partial charge in [-0.15, -0.1) is 0 Å². The third-order valence-corrected chi connectivity index (χ3v) is 3.49. The number of carbonyl (C=O) groups is 1.